The van der Waals surface area contributed by atoms with Crippen LogP contribution in [-0.2, 0) is 9.84 Å². The minimum atomic E-state index is -3.24. The summed E-state index contributed by atoms with van der Waals surface area (Å²) in [6.45, 7) is 0. The number of nitrogens with zero attached hydrogens (tertiary/aromatic N) is 1. The third-order valence-corrected chi connectivity index (χ3v) is 4.82. The summed E-state index contributed by atoms with van der Waals surface area (Å²) in [6.07, 6.45) is 1.19. The van der Waals surface area contributed by atoms with Crippen LogP contribution in [0.4, 0.5) is 11.5 Å². The van der Waals surface area contributed by atoms with Crippen molar-refractivity contribution >= 4 is 32.2 Å². The molecule has 3 aromatic rings. The molecule has 0 atom stereocenters. The molecule has 0 spiro atoms. The van der Waals surface area contributed by atoms with Gasteiger partial charge < -0.3 is 14.8 Å². The molecule has 0 aliphatic carbocycles. The fourth-order valence-electron chi connectivity index (χ4n) is 2.43. The number of fused-ring (bicyclic) bond motifs is 1. The Bertz CT molecular complexity index is 1010. The van der Waals surface area contributed by atoms with Crippen LogP contribution >= 0.6 is 0 Å². The molecular formula is C18H18N2O4S. The van der Waals surface area contributed by atoms with Crippen LogP contribution in [0.15, 0.2) is 53.4 Å². The lowest BCUT2D eigenvalue weighted by molar-refractivity contribution is 0.395. The van der Waals surface area contributed by atoms with Gasteiger partial charge in [-0.05, 0) is 30.3 Å². The van der Waals surface area contributed by atoms with Crippen molar-refractivity contribution in [2.75, 3.05) is 25.8 Å². The minimum absolute atomic E-state index is 0.278. The number of hydrogen-bond acceptors (Lipinski definition) is 6. The Hall–Kier alpha value is -2.80. The summed E-state index contributed by atoms with van der Waals surface area (Å²) in [4.78, 5) is 4.79. The van der Waals surface area contributed by atoms with Crippen molar-refractivity contribution in [2.45, 2.75) is 4.90 Å². The van der Waals surface area contributed by atoms with E-state index in [1.165, 1.54) is 6.26 Å². The summed E-state index contributed by atoms with van der Waals surface area (Å²) in [5, 5.41) is 3.96. The zero-order valence-electron chi connectivity index (χ0n) is 14.1. The number of aromatic nitrogens is 1. The lowest BCUT2D eigenvalue weighted by atomic mass is 10.2. The molecule has 0 saturated heterocycles. The molecule has 0 fully saturated rings. The average molecular weight is 358 g/mol. The van der Waals surface area contributed by atoms with Crippen molar-refractivity contribution in [2.24, 2.45) is 0 Å². The number of rotatable bonds is 5. The average Bonchev–Trinajstić information content (AvgIpc) is 2.60. The number of sulfone groups is 1. The molecule has 3 rings (SSSR count). The molecule has 1 N–H and O–H groups in total. The van der Waals surface area contributed by atoms with Gasteiger partial charge in [0.25, 0.3) is 0 Å². The van der Waals surface area contributed by atoms with Gasteiger partial charge in [-0.3, -0.25) is 0 Å². The standard InChI is InChI=1S/C18H18N2O4S/c1-23-14-9-13(10-15(11-14)24-2)19-18-7-4-12-8-16(25(3,21)22)5-6-17(12)20-18/h4-11H,1-3H3,(H,19,20). The van der Waals surface area contributed by atoms with Crippen LogP contribution in [0, 0.1) is 0 Å². The third kappa shape index (κ3) is 3.83. The maximum Gasteiger partial charge on any atom is 0.175 e. The van der Waals surface area contributed by atoms with Crippen LogP contribution in [-0.4, -0.2) is 33.9 Å². The molecule has 7 heteroatoms. The van der Waals surface area contributed by atoms with E-state index < -0.39 is 9.84 Å². The van der Waals surface area contributed by atoms with Crippen LogP contribution in [0.3, 0.4) is 0 Å². The first-order chi connectivity index (χ1) is 11.9. The van der Waals surface area contributed by atoms with Gasteiger partial charge in [0.05, 0.1) is 24.6 Å². The molecule has 0 unspecified atom stereocenters. The van der Waals surface area contributed by atoms with E-state index in [0.29, 0.717) is 22.8 Å². The molecule has 1 aromatic heterocycles. The third-order valence-electron chi connectivity index (χ3n) is 3.71. The van der Waals surface area contributed by atoms with E-state index in [0.717, 1.165) is 11.1 Å². The van der Waals surface area contributed by atoms with E-state index in [1.54, 1.807) is 44.6 Å². The molecule has 0 bridgehead atoms. The molecular weight excluding hydrogens is 340 g/mol. The molecule has 0 aliphatic heterocycles. The molecule has 0 radical (unpaired) electrons. The van der Waals surface area contributed by atoms with Gasteiger partial charge >= 0.3 is 0 Å². The molecule has 0 amide bonds. The smallest absolute Gasteiger partial charge is 0.175 e. The van der Waals surface area contributed by atoms with E-state index in [1.807, 2.05) is 18.2 Å². The molecule has 0 saturated carbocycles. The van der Waals surface area contributed by atoms with Crippen molar-refractivity contribution in [3.63, 3.8) is 0 Å². The predicted molar refractivity (Wildman–Crippen MR) is 97.7 cm³/mol. The van der Waals surface area contributed by atoms with E-state index >= 15 is 0 Å². The number of pyridine rings is 1. The number of hydrogen-bond donors (Lipinski definition) is 1. The summed E-state index contributed by atoms with van der Waals surface area (Å²) in [7, 11) is -0.0606. The number of ether oxygens (including phenoxy) is 2. The first-order valence-electron chi connectivity index (χ1n) is 7.50. The van der Waals surface area contributed by atoms with Crippen LogP contribution in [0.5, 0.6) is 11.5 Å². The number of methoxy groups -OCH3 is 2. The first kappa shape index (κ1) is 17.0. The molecule has 1 heterocycles. The van der Waals surface area contributed by atoms with Gasteiger partial charge in [0.15, 0.2) is 9.84 Å². The molecule has 25 heavy (non-hydrogen) atoms. The van der Waals surface area contributed by atoms with Crippen molar-refractivity contribution in [1.82, 2.24) is 4.98 Å². The van der Waals surface area contributed by atoms with Gasteiger partial charge in [0.2, 0.25) is 0 Å². The summed E-state index contributed by atoms with van der Waals surface area (Å²) < 4.78 is 33.8. The summed E-state index contributed by atoms with van der Waals surface area (Å²) in [6, 6.07) is 14.0. The Balaban J connectivity index is 1.95. The van der Waals surface area contributed by atoms with Gasteiger partial charge in [0, 0.05) is 35.5 Å². The van der Waals surface area contributed by atoms with Gasteiger partial charge in [0.1, 0.15) is 17.3 Å². The van der Waals surface area contributed by atoms with Crippen LogP contribution in [0.1, 0.15) is 0 Å². The highest BCUT2D eigenvalue weighted by Crippen LogP contribution is 2.28. The Morgan fingerprint density at radius 2 is 1.60 bits per heavy atom. The molecule has 0 aliphatic rings. The summed E-state index contributed by atoms with van der Waals surface area (Å²) >= 11 is 0. The van der Waals surface area contributed by atoms with E-state index in [4.69, 9.17) is 9.47 Å². The molecule has 130 valence electrons. The second-order valence-electron chi connectivity index (χ2n) is 5.55. The zero-order valence-corrected chi connectivity index (χ0v) is 14.9. The predicted octanol–water partition coefficient (Wildman–Crippen LogP) is 3.40. The van der Waals surface area contributed by atoms with Gasteiger partial charge in [-0.1, -0.05) is 0 Å². The van der Waals surface area contributed by atoms with E-state index in [2.05, 4.69) is 10.3 Å². The SMILES string of the molecule is COc1cc(Nc2ccc3cc(S(C)(=O)=O)ccc3n2)cc(OC)c1. The van der Waals surface area contributed by atoms with E-state index in [9.17, 15) is 8.42 Å². The van der Waals surface area contributed by atoms with Gasteiger partial charge in [-0.25, -0.2) is 13.4 Å². The quantitative estimate of drug-likeness (QED) is 0.753. The largest absolute Gasteiger partial charge is 0.497 e. The van der Waals surface area contributed by atoms with Gasteiger partial charge in [-0.2, -0.15) is 0 Å². The molecule has 2 aromatic carbocycles. The highest BCUT2D eigenvalue weighted by molar-refractivity contribution is 7.90. The van der Waals surface area contributed by atoms with Crippen molar-refractivity contribution < 1.29 is 17.9 Å². The number of anilines is 2. The lowest BCUT2D eigenvalue weighted by Gasteiger charge is -2.11. The fourth-order valence-corrected chi connectivity index (χ4v) is 3.09. The Kier molecular flexibility index (Phi) is 4.50. The summed E-state index contributed by atoms with van der Waals surface area (Å²) in [5.41, 5.74) is 1.48. The number of benzene rings is 2. The summed E-state index contributed by atoms with van der Waals surface area (Å²) in [5.74, 6) is 1.97. The van der Waals surface area contributed by atoms with Crippen LogP contribution in [0.25, 0.3) is 10.9 Å². The highest BCUT2D eigenvalue weighted by atomic mass is 32.2. The highest BCUT2D eigenvalue weighted by Gasteiger charge is 2.09. The zero-order chi connectivity index (χ0) is 18.0. The van der Waals surface area contributed by atoms with Crippen LogP contribution in [0.2, 0.25) is 0 Å². The van der Waals surface area contributed by atoms with Gasteiger partial charge in [-0.15, -0.1) is 0 Å². The first-order valence-corrected chi connectivity index (χ1v) is 9.39. The topological polar surface area (TPSA) is 77.5 Å². The maximum absolute atomic E-state index is 11.6. The monoisotopic (exact) mass is 358 g/mol. The molecule has 6 nitrogen and oxygen atoms in total. The van der Waals surface area contributed by atoms with Crippen molar-refractivity contribution in [1.29, 1.82) is 0 Å². The fraction of sp³-hybridized carbons (Fsp3) is 0.167. The second kappa shape index (κ2) is 6.60. The lowest BCUT2D eigenvalue weighted by Crippen LogP contribution is -1.98. The Labute approximate surface area is 146 Å². The van der Waals surface area contributed by atoms with E-state index in [-0.39, 0.29) is 4.90 Å². The normalized spacial score (nSPS) is 11.3. The Morgan fingerprint density at radius 1 is 0.920 bits per heavy atom. The van der Waals surface area contributed by atoms with Crippen LogP contribution < -0.4 is 14.8 Å². The van der Waals surface area contributed by atoms with Crippen molar-refractivity contribution in [3.8, 4) is 11.5 Å². The number of nitrogens with one attached hydrogen (secondary N) is 1. The minimum Gasteiger partial charge on any atom is -0.497 e. The van der Waals surface area contributed by atoms with Crippen molar-refractivity contribution in [3.05, 3.63) is 48.5 Å². The second-order valence-corrected chi connectivity index (χ2v) is 7.57. The Morgan fingerprint density at radius 3 is 2.20 bits per heavy atom. The maximum atomic E-state index is 11.6.